The average molecular weight is 433 g/mol. The number of hydrogen-bond acceptors (Lipinski definition) is 4. The number of nitrogens with zero attached hydrogens (tertiary/aromatic N) is 2. The van der Waals surface area contributed by atoms with E-state index in [0.717, 1.165) is 24.2 Å². The highest BCUT2D eigenvalue weighted by atomic mass is 35.5. The number of imide groups is 1. The van der Waals surface area contributed by atoms with E-state index in [4.69, 9.17) is 23.2 Å². The molecule has 1 aromatic carbocycles. The van der Waals surface area contributed by atoms with Crippen molar-refractivity contribution < 1.29 is 14.4 Å². The molecular weight excluding hydrogens is 415 g/mol. The quantitative estimate of drug-likeness (QED) is 0.725. The van der Waals surface area contributed by atoms with Crippen LogP contribution in [0.2, 0.25) is 10.0 Å². The third-order valence-electron chi connectivity index (χ3n) is 5.32. The first-order valence-corrected chi connectivity index (χ1v) is 9.91. The Bertz CT molecular complexity index is 1040. The molecule has 0 spiro atoms. The second-order valence-corrected chi connectivity index (χ2v) is 8.16. The van der Waals surface area contributed by atoms with E-state index in [1.165, 1.54) is 23.4 Å². The van der Waals surface area contributed by atoms with Crippen LogP contribution < -0.4 is 10.6 Å². The van der Waals surface area contributed by atoms with Gasteiger partial charge in [0.1, 0.15) is 12.1 Å². The third kappa shape index (κ3) is 3.56. The number of aromatic nitrogens is 1. The van der Waals surface area contributed by atoms with Crippen LogP contribution in [0.25, 0.3) is 0 Å². The van der Waals surface area contributed by atoms with Crippen molar-refractivity contribution in [1.82, 2.24) is 15.2 Å². The van der Waals surface area contributed by atoms with Gasteiger partial charge in [0.2, 0.25) is 5.91 Å². The van der Waals surface area contributed by atoms with Gasteiger partial charge >= 0.3 is 6.03 Å². The number of benzene rings is 1. The molecule has 1 unspecified atom stereocenters. The number of anilines is 1. The van der Waals surface area contributed by atoms with Crippen LogP contribution in [0.4, 0.5) is 10.6 Å². The van der Waals surface area contributed by atoms with E-state index >= 15 is 0 Å². The summed E-state index contributed by atoms with van der Waals surface area (Å²) in [5.41, 5.74) is 1.97. The van der Waals surface area contributed by atoms with Crippen LogP contribution in [-0.4, -0.2) is 34.3 Å². The molecule has 29 heavy (non-hydrogen) atoms. The molecule has 2 heterocycles. The fourth-order valence-corrected chi connectivity index (χ4v) is 4.17. The number of urea groups is 1. The Morgan fingerprint density at radius 2 is 2.00 bits per heavy atom. The largest absolute Gasteiger partial charge is 0.325 e. The van der Waals surface area contributed by atoms with E-state index in [2.05, 4.69) is 15.6 Å². The fraction of sp³-hybridized carbons (Fsp3) is 0.300. The highest BCUT2D eigenvalue weighted by Gasteiger charge is 2.49. The van der Waals surface area contributed by atoms with Crippen LogP contribution in [0.15, 0.2) is 30.5 Å². The number of amides is 4. The van der Waals surface area contributed by atoms with Gasteiger partial charge in [0.25, 0.3) is 5.91 Å². The number of carbonyl (C=O) groups excluding carboxylic acids is 3. The van der Waals surface area contributed by atoms with Gasteiger partial charge in [0.05, 0.1) is 10.0 Å². The summed E-state index contributed by atoms with van der Waals surface area (Å²) in [5, 5.41) is 5.70. The lowest BCUT2D eigenvalue weighted by Crippen LogP contribution is -2.42. The smallest absolute Gasteiger partial charge is 0.319 e. The van der Waals surface area contributed by atoms with Crippen molar-refractivity contribution in [2.45, 2.75) is 31.7 Å². The van der Waals surface area contributed by atoms with E-state index in [1.807, 2.05) is 18.2 Å². The van der Waals surface area contributed by atoms with Crippen molar-refractivity contribution >= 4 is 46.9 Å². The predicted octanol–water partition coefficient (Wildman–Crippen LogP) is 3.28. The number of hydrogen-bond donors (Lipinski definition) is 2. The maximum atomic E-state index is 13.0. The van der Waals surface area contributed by atoms with Gasteiger partial charge in [0.15, 0.2) is 5.82 Å². The number of aryl methyl sites for hydroxylation is 2. The SMILES string of the molecule is CC1(c2ccc3c(c2)CCC3)NC(=O)N(CC(=O)Nc2ncc(Cl)cc2Cl)C1=O. The third-order valence-corrected chi connectivity index (χ3v) is 5.81. The zero-order valence-corrected chi connectivity index (χ0v) is 17.1. The first-order valence-electron chi connectivity index (χ1n) is 9.15. The molecule has 2 N–H and O–H groups in total. The summed E-state index contributed by atoms with van der Waals surface area (Å²) in [4.78, 5) is 42.7. The van der Waals surface area contributed by atoms with Crippen LogP contribution in [0.1, 0.15) is 30.0 Å². The summed E-state index contributed by atoms with van der Waals surface area (Å²) in [5.74, 6) is -0.969. The van der Waals surface area contributed by atoms with Gasteiger partial charge in [-0.2, -0.15) is 0 Å². The first-order chi connectivity index (χ1) is 13.8. The molecule has 150 valence electrons. The number of nitrogens with one attached hydrogen (secondary N) is 2. The molecule has 1 aromatic heterocycles. The minimum Gasteiger partial charge on any atom is -0.319 e. The predicted molar refractivity (Wildman–Crippen MR) is 109 cm³/mol. The number of rotatable bonds is 4. The highest BCUT2D eigenvalue weighted by Crippen LogP contribution is 2.32. The molecule has 1 aliphatic carbocycles. The Labute approximate surface area is 177 Å². The molecule has 7 nitrogen and oxygen atoms in total. The molecule has 2 aromatic rings. The van der Waals surface area contributed by atoms with Gasteiger partial charge in [-0.05, 0) is 48.9 Å². The Balaban J connectivity index is 1.51. The monoisotopic (exact) mass is 432 g/mol. The van der Waals surface area contributed by atoms with Crippen molar-refractivity contribution in [3.8, 4) is 0 Å². The summed E-state index contributed by atoms with van der Waals surface area (Å²) in [6.07, 6.45) is 4.41. The Morgan fingerprint density at radius 3 is 2.76 bits per heavy atom. The maximum Gasteiger partial charge on any atom is 0.325 e. The molecule has 1 fully saturated rings. The highest BCUT2D eigenvalue weighted by molar-refractivity contribution is 6.36. The number of carbonyl (C=O) groups is 3. The van der Waals surface area contributed by atoms with Crippen LogP contribution in [0.5, 0.6) is 0 Å². The molecular formula is C20H18Cl2N4O3. The molecule has 2 aliphatic rings. The van der Waals surface area contributed by atoms with E-state index < -0.39 is 29.9 Å². The van der Waals surface area contributed by atoms with Crippen molar-refractivity contribution in [2.75, 3.05) is 11.9 Å². The minimum atomic E-state index is -1.22. The molecule has 0 saturated carbocycles. The van der Waals surface area contributed by atoms with E-state index in [0.29, 0.717) is 10.6 Å². The van der Waals surface area contributed by atoms with Crippen LogP contribution >= 0.6 is 23.2 Å². The van der Waals surface area contributed by atoms with Gasteiger partial charge in [-0.25, -0.2) is 9.78 Å². The maximum absolute atomic E-state index is 13.0. The second-order valence-electron chi connectivity index (χ2n) is 7.32. The lowest BCUT2D eigenvalue weighted by Gasteiger charge is -2.23. The van der Waals surface area contributed by atoms with E-state index in [9.17, 15) is 14.4 Å². The zero-order chi connectivity index (χ0) is 20.8. The Morgan fingerprint density at radius 1 is 1.24 bits per heavy atom. The Hall–Kier alpha value is -2.64. The minimum absolute atomic E-state index is 0.106. The van der Waals surface area contributed by atoms with E-state index in [-0.39, 0.29) is 10.8 Å². The van der Waals surface area contributed by atoms with Gasteiger partial charge in [0, 0.05) is 6.20 Å². The lowest BCUT2D eigenvalue weighted by molar-refractivity contribution is -0.133. The topological polar surface area (TPSA) is 91.4 Å². The molecule has 4 rings (SSSR count). The van der Waals surface area contributed by atoms with Gasteiger partial charge in [-0.1, -0.05) is 41.4 Å². The molecule has 1 aliphatic heterocycles. The first kappa shape index (κ1) is 19.7. The van der Waals surface area contributed by atoms with Crippen molar-refractivity contribution in [2.24, 2.45) is 0 Å². The van der Waals surface area contributed by atoms with Crippen molar-refractivity contribution in [3.63, 3.8) is 0 Å². The van der Waals surface area contributed by atoms with Gasteiger partial charge < -0.3 is 10.6 Å². The normalized spacial score (nSPS) is 20.6. The average Bonchev–Trinajstić information content (AvgIpc) is 3.22. The summed E-state index contributed by atoms with van der Waals surface area (Å²) in [6.45, 7) is 1.20. The summed E-state index contributed by atoms with van der Waals surface area (Å²) in [7, 11) is 0. The summed E-state index contributed by atoms with van der Waals surface area (Å²) in [6, 6.07) is 6.66. The molecule has 9 heteroatoms. The molecule has 0 radical (unpaired) electrons. The molecule has 4 amide bonds. The van der Waals surface area contributed by atoms with Crippen LogP contribution in [0, 0.1) is 0 Å². The summed E-state index contributed by atoms with van der Waals surface area (Å²) >= 11 is 11.8. The van der Waals surface area contributed by atoms with Crippen molar-refractivity contribution in [1.29, 1.82) is 0 Å². The van der Waals surface area contributed by atoms with Gasteiger partial charge in [-0.15, -0.1) is 0 Å². The zero-order valence-electron chi connectivity index (χ0n) is 15.6. The standard InChI is InChI=1S/C20H18Cl2N4O3/c1-20(13-6-5-11-3-2-4-12(11)7-13)18(28)26(19(29)25-20)10-16(27)24-17-15(22)8-14(21)9-23-17/h5-9H,2-4,10H2,1H3,(H,25,29)(H,23,24,27). The fourth-order valence-electron chi connectivity index (χ4n) is 3.74. The number of halogens is 2. The van der Waals surface area contributed by atoms with Crippen LogP contribution in [-0.2, 0) is 28.0 Å². The number of fused-ring (bicyclic) bond motifs is 1. The molecule has 1 atom stereocenters. The number of pyridine rings is 1. The van der Waals surface area contributed by atoms with Gasteiger partial charge in [-0.3, -0.25) is 14.5 Å². The van der Waals surface area contributed by atoms with Crippen molar-refractivity contribution in [3.05, 3.63) is 57.2 Å². The Kier molecular flexibility index (Phi) is 4.96. The lowest BCUT2D eigenvalue weighted by atomic mass is 9.89. The van der Waals surface area contributed by atoms with E-state index in [1.54, 1.807) is 6.92 Å². The molecule has 0 bridgehead atoms. The summed E-state index contributed by atoms with van der Waals surface area (Å²) < 4.78 is 0. The second kappa shape index (κ2) is 7.31. The molecule has 1 saturated heterocycles. The van der Waals surface area contributed by atoms with Crippen LogP contribution in [0.3, 0.4) is 0 Å².